The molecule has 3 aromatic carbocycles. The first-order valence-electron chi connectivity index (χ1n) is 11.3. The number of hydrogen-bond donors (Lipinski definition) is 2. The molecule has 2 N–H and O–H groups in total. The van der Waals surface area contributed by atoms with Crippen LogP contribution >= 0.6 is 12.2 Å². The number of benzene rings is 3. The molecular formula is C27H27N3O3S. The summed E-state index contributed by atoms with van der Waals surface area (Å²) in [6.07, 6.45) is 2.01. The number of unbranched alkanes of at least 4 members (excludes halogenated alkanes) is 1. The monoisotopic (exact) mass is 473 g/mol. The number of nitrogens with zero attached hydrogens (tertiary/aromatic N) is 1. The highest BCUT2D eigenvalue weighted by Crippen LogP contribution is 2.28. The highest BCUT2D eigenvalue weighted by atomic mass is 32.1. The van der Waals surface area contributed by atoms with Gasteiger partial charge in [0, 0.05) is 16.8 Å². The van der Waals surface area contributed by atoms with Gasteiger partial charge in [-0.3, -0.25) is 10.1 Å². The molecule has 0 bridgehead atoms. The predicted molar refractivity (Wildman–Crippen MR) is 139 cm³/mol. The molecule has 0 atom stereocenters. The molecule has 1 amide bonds. The fourth-order valence-corrected chi connectivity index (χ4v) is 3.64. The quantitative estimate of drug-likeness (QED) is 0.238. The number of oxazole rings is 1. The molecular weight excluding hydrogens is 446 g/mol. The van der Waals surface area contributed by atoms with Crippen molar-refractivity contribution in [2.45, 2.75) is 33.6 Å². The first kappa shape index (κ1) is 23.4. The number of carbonyl (C=O) groups is 1. The van der Waals surface area contributed by atoms with Crippen LogP contribution in [-0.2, 0) is 0 Å². The minimum Gasteiger partial charge on any atom is -0.494 e. The maximum atomic E-state index is 12.7. The number of aryl methyl sites for hydroxylation is 2. The number of hydrogen-bond acceptors (Lipinski definition) is 5. The number of rotatable bonds is 7. The Bertz CT molecular complexity index is 1350. The number of thiocarbonyl (C=S) groups is 1. The number of ether oxygens (including phenoxy) is 1. The Kier molecular flexibility index (Phi) is 7.23. The molecule has 0 aliphatic heterocycles. The number of aromatic nitrogens is 1. The summed E-state index contributed by atoms with van der Waals surface area (Å²) in [7, 11) is 0. The van der Waals surface area contributed by atoms with E-state index < -0.39 is 0 Å². The van der Waals surface area contributed by atoms with E-state index in [2.05, 4.69) is 22.5 Å². The molecule has 1 aromatic heterocycles. The first-order chi connectivity index (χ1) is 16.4. The zero-order valence-electron chi connectivity index (χ0n) is 19.5. The Balaban J connectivity index is 1.45. The van der Waals surface area contributed by atoms with Crippen molar-refractivity contribution in [3.05, 3.63) is 77.4 Å². The van der Waals surface area contributed by atoms with Gasteiger partial charge in [-0.2, -0.15) is 0 Å². The second-order valence-corrected chi connectivity index (χ2v) is 8.57. The molecule has 0 spiro atoms. The normalized spacial score (nSPS) is 10.8. The fourth-order valence-electron chi connectivity index (χ4n) is 3.44. The van der Waals surface area contributed by atoms with Crippen molar-refractivity contribution in [1.29, 1.82) is 0 Å². The minimum absolute atomic E-state index is 0.204. The third kappa shape index (κ3) is 5.61. The molecule has 1 heterocycles. The Morgan fingerprint density at radius 2 is 1.94 bits per heavy atom. The molecule has 0 radical (unpaired) electrons. The van der Waals surface area contributed by atoms with E-state index in [1.54, 1.807) is 18.2 Å². The predicted octanol–water partition coefficient (Wildman–Crippen LogP) is 6.42. The molecule has 4 aromatic rings. The van der Waals surface area contributed by atoms with Crippen molar-refractivity contribution in [1.82, 2.24) is 10.3 Å². The number of anilines is 1. The van der Waals surface area contributed by atoms with Crippen molar-refractivity contribution in [2.75, 3.05) is 11.9 Å². The van der Waals surface area contributed by atoms with Crippen LogP contribution in [0.5, 0.6) is 5.75 Å². The summed E-state index contributed by atoms with van der Waals surface area (Å²) in [5.41, 5.74) is 5.70. The van der Waals surface area contributed by atoms with Gasteiger partial charge in [-0.05, 0) is 86.1 Å². The number of carbonyl (C=O) groups excluding carboxylic acids is 1. The van der Waals surface area contributed by atoms with Gasteiger partial charge < -0.3 is 14.5 Å². The molecule has 0 fully saturated rings. The highest BCUT2D eigenvalue weighted by Gasteiger charge is 2.13. The van der Waals surface area contributed by atoms with E-state index in [4.69, 9.17) is 21.4 Å². The van der Waals surface area contributed by atoms with E-state index in [0.717, 1.165) is 46.3 Å². The van der Waals surface area contributed by atoms with Crippen LogP contribution in [0.2, 0.25) is 0 Å². The van der Waals surface area contributed by atoms with Crippen LogP contribution in [0.15, 0.2) is 65.1 Å². The van der Waals surface area contributed by atoms with Crippen molar-refractivity contribution in [3.63, 3.8) is 0 Å². The summed E-state index contributed by atoms with van der Waals surface area (Å²) < 4.78 is 11.6. The van der Waals surface area contributed by atoms with Gasteiger partial charge in [-0.25, -0.2) is 4.98 Å². The molecule has 6 nitrogen and oxygen atoms in total. The summed E-state index contributed by atoms with van der Waals surface area (Å²) in [5.74, 6) is 0.886. The van der Waals surface area contributed by atoms with Crippen LogP contribution in [0.4, 0.5) is 5.69 Å². The molecule has 0 saturated carbocycles. The molecule has 0 unspecified atom stereocenters. The maximum absolute atomic E-state index is 12.7. The van der Waals surface area contributed by atoms with Gasteiger partial charge in [0.2, 0.25) is 5.89 Å². The average molecular weight is 474 g/mol. The Morgan fingerprint density at radius 1 is 1.09 bits per heavy atom. The van der Waals surface area contributed by atoms with Crippen molar-refractivity contribution in [2.24, 2.45) is 0 Å². The summed E-state index contributed by atoms with van der Waals surface area (Å²) in [4.78, 5) is 17.3. The van der Waals surface area contributed by atoms with Gasteiger partial charge in [0.25, 0.3) is 5.91 Å². The van der Waals surface area contributed by atoms with Gasteiger partial charge in [-0.1, -0.05) is 31.5 Å². The lowest BCUT2D eigenvalue weighted by atomic mass is 10.1. The summed E-state index contributed by atoms with van der Waals surface area (Å²) in [5, 5.41) is 6.06. The largest absolute Gasteiger partial charge is 0.494 e. The van der Waals surface area contributed by atoms with Gasteiger partial charge in [-0.15, -0.1) is 0 Å². The minimum atomic E-state index is -0.304. The van der Waals surface area contributed by atoms with Crippen LogP contribution < -0.4 is 15.4 Å². The molecule has 174 valence electrons. The lowest BCUT2D eigenvalue weighted by Gasteiger charge is -2.13. The van der Waals surface area contributed by atoms with Crippen LogP contribution in [-0.4, -0.2) is 22.6 Å². The zero-order valence-corrected chi connectivity index (χ0v) is 20.3. The van der Waals surface area contributed by atoms with Crippen molar-refractivity contribution >= 4 is 40.0 Å². The Morgan fingerprint density at radius 3 is 2.76 bits per heavy atom. The molecule has 34 heavy (non-hydrogen) atoms. The smallest absolute Gasteiger partial charge is 0.257 e. The summed E-state index contributed by atoms with van der Waals surface area (Å²) >= 11 is 5.40. The average Bonchev–Trinajstić information content (AvgIpc) is 3.24. The third-order valence-electron chi connectivity index (χ3n) is 5.37. The highest BCUT2D eigenvalue weighted by molar-refractivity contribution is 7.80. The number of nitrogens with one attached hydrogen (secondary N) is 2. The number of fused-ring (bicyclic) bond motifs is 1. The van der Waals surface area contributed by atoms with Crippen LogP contribution in [0.25, 0.3) is 22.6 Å². The van der Waals surface area contributed by atoms with Gasteiger partial charge in [0.1, 0.15) is 11.3 Å². The van der Waals surface area contributed by atoms with E-state index in [1.165, 1.54) is 0 Å². The molecule has 0 aliphatic carbocycles. The lowest BCUT2D eigenvalue weighted by molar-refractivity contribution is 0.0977. The zero-order chi connectivity index (χ0) is 24.1. The second-order valence-electron chi connectivity index (χ2n) is 8.16. The van der Waals surface area contributed by atoms with Crippen LogP contribution in [0.3, 0.4) is 0 Å². The van der Waals surface area contributed by atoms with E-state index in [1.807, 2.05) is 56.3 Å². The second kappa shape index (κ2) is 10.5. The Hall–Kier alpha value is -3.71. The third-order valence-corrected chi connectivity index (χ3v) is 5.57. The van der Waals surface area contributed by atoms with Gasteiger partial charge in [0.05, 0.1) is 6.61 Å². The molecule has 0 saturated heterocycles. The fraction of sp³-hybridized carbons (Fsp3) is 0.222. The topological polar surface area (TPSA) is 76.4 Å². The molecule has 0 aliphatic rings. The summed E-state index contributed by atoms with van der Waals surface area (Å²) in [6, 6.07) is 18.8. The number of amides is 1. The van der Waals surface area contributed by atoms with E-state index in [9.17, 15) is 4.79 Å². The molecule has 7 heteroatoms. The van der Waals surface area contributed by atoms with Crippen molar-refractivity contribution < 1.29 is 13.9 Å². The van der Waals surface area contributed by atoms with Gasteiger partial charge >= 0.3 is 0 Å². The van der Waals surface area contributed by atoms with E-state index in [-0.39, 0.29) is 11.0 Å². The molecule has 4 rings (SSSR count). The van der Waals surface area contributed by atoms with E-state index >= 15 is 0 Å². The van der Waals surface area contributed by atoms with Crippen LogP contribution in [0.1, 0.15) is 41.3 Å². The summed E-state index contributed by atoms with van der Waals surface area (Å²) in [6.45, 7) is 6.71. The maximum Gasteiger partial charge on any atom is 0.257 e. The Labute approximate surface area is 204 Å². The van der Waals surface area contributed by atoms with Crippen molar-refractivity contribution in [3.8, 4) is 17.2 Å². The van der Waals surface area contributed by atoms with E-state index in [0.29, 0.717) is 23.8 Å². The van der Waals surface area contributed by atoms with Gasteiger partial charge in [0.15, 0.2) is 10.7 Å². The SMILES string of the molecule is CCCCOc1cccc(C(=O)NC(=S)Nc2cc(-c3nc4cc(C)ccc4o3)ccc2C)c1. The standard InChI is InChI=1S/C27H27N3O3S/c1-4-5-13-32-21-8-6-7-19(15-21)25(31)30-27(34)29-22-16-20(11-10-18(22)3)26-28-23-14-17(2)9-12-24(23)33-26/h6-12,14-16H,4-5,13H2,1-3H3,(H2,29,30,31,34). The lowest BCUT2D eigenvalue weighted by Crippen LogP contribution is -2.34. The first-order valence-corrected chi connectivity index (χ1v) is 11.7. The van der Waals surface area contributed by atoms with Crippen LogP contribution in [0, 0.1) is 13.8 Å².